The highest BCUT2D eigenvalue weighted by molar-refractivity contribution is 5.68. The van der Waals surface area contributed by atoms with E-state index in [1.807, 2.05) is 182 Å². The van der Waals surface area contributed by atoms with Gasteiger partial charge in [0.15, 0.2) is 24.4 Å². The van der Waals surface area contributed by atoms with Crippen LogP contribution in [0.1, 0.15) is 61.1 Å². The van der Waals surface area contributed by atoms with Gasteiger partial charge >= 0.3 is 23.9 Å². The predicted octanol–water partition coefficient (Wildman–Crippen LogP) is 6.92. The first-order chi connectivity index (χ1) is 35.3. The minimum atomic E-state index is -1.79. The highest BCUT2D eigenvalue weighted by atomic mass is 16.8. The summed E-state index contributed by atoms with van der Waals surface area (Å²) in [6.45, 7) is 3.67. The molecule has 2 fully saturated rings. The van der Waals surface area contributed by atoms with Crippen molar-refractivity contribution in [1.29, 1.82) is 0 Å². The summed E-state index contributed by atoms with van der Waals surface area (Å²) < 4.78 is 56.7. The first-order valence-corrected chi connectivity index (χ1v) is 23.9. The molecule has 0 bridgehead atoms. The topological polar surface area (TPSA) is 192 Å². The molecule has 6 aromatic rings. The zero-order valence-corrected chi connectivity index (χ0v) is 40.7. The molecule has 2 heterocycles. The second-order valence-electron chi connectivity index (χ2n) is 17.7. The van der Waals surface area contributed by atoms with Crippen LogP contribution in [-0.2, 0) is 73.0 Å². The lowest BCUT2D eigenvalue weighted by molar-refractivity contribution is -0.379. The summed E-state index contributed by atoms with van der Waals surface area (Å²) in [7, 11) is 0. The molecule has 0 saturated carbocycles. The third-order valence-electron chi connectivity index (χ3n) is 12.7. The van der Waals surface area contributed by atoms with Gasteiger partial charge in [0.25, 0.3) is 0 Å². The maximum Gasteiger partial charge on any atom is 0.303 e. The van der Waals surface area contributed by atoms with Crippen molar-refractivity contribution in [3.8, 4) is 0 Å². The first-order valence-electron chi connectivity index (χ1n) is 23.9. The van der Waals surface area contributed by atoms with Crippen LogP contribution >= 0.6 is 0 Å². The molecule has 73 heavy (non-hydrogen) atoms. The number of hydrogen-bond acceptors (Lipinski definition) is 15. The van der Waals surface area contributed by atoms with Crippen LogP contribution in [0.2, 0.25) is 0 Å². The Morgan fingerprint density at radius 3 is 0.822 bits per heavy atom. The van der Waals surface area contributed by atoms with Crippen molar-refractivity contribution in [1.82, 2.24) is 0 Å². The molecular weight excluding hydrogens is 937 g/mol. The summed E-state index contributed by atoms with van der Waals surface area (Å²) in [6, 6.07) is 56.8. The Morgan fingerprint density at radius 2 is 0.603 bits per heavy atom. The second kappa shape index (κ2) is 23.6. The van der Waals surface area contributed by atoms with Crippen molar-refractivity contribution < 1.29 is 72.0 Å². The quantitative estimate of drug-likeness (QED) is 0.0512. The monoisotopic (exact) mass is 994 g/mol. The highest BCUT2D eigenvalue weighted by Gasteiger charge is 2.56. The molecule has 6 aromatic carbocycles. The Morgan fingerprint density at radius 1 is 0.384 bits per heavy atom. The number of carbonyl (C=O) groups is 4. The number of hydrogen-bond donors (Lipinski definition) is 2. The number of ether oxygens (including phenoxy) is 9. The van der Waals surface area contributed by atoms with E-state index >= 15 is 0 Å². The molecule has 0 unspecified atom stereocenters. The minimum absolute atomic E-state index is 0.394. The average molecular weight is 995 g/mol. The molecule has 0 aromatic heterocycles. The fourth-order valence-corrected chi connectivity index (χ4v) is 9.65. The van der Waals surface area contributed by atoms with Crippen LogP contribution in [0, 0.1) is 0 Å². The second-order valence-corrected chi connectivity index (χ2v) is 17.7. The van der Waals surface area contributed by atoms with E-state index in [1.165, 1.54) is 0 Å². The summed E-state index contributed by atoms with van der Waals surface area (Å²) in [6.07, 6.45) is -16.4. The van der Waals surface area contributed by atoms with E-state index in [4.69, 9.17) is 42.6 Å². The third-order valence-corrected chi connectivity index (χ3v) is 12.7. The maximum atomic E-state index is 12.9. The Hall–Kier alpha value is -7.08. The molecule has 2 saturated heterocycles. The van der Waals surface area contributed by atoms with Gasteiger partial charge in [-0.25, -0.2) is 0 Å². The molecule has 8 rings (SSSR count). The van der Waals surface area contributed by atoms with Crippen molar-refractivity contribution >= 4 is 23.9 Å². The van der Waals surface area contributed by atoms with E-state index in [1.54, 1.807) is 0 Å². The van der Waals surface area contributed by atoms with Crippen LogP contribution in [0.3, 0.4) is 0 Å². The van der Waals surface area contributed by atoms with Crippen LogP contribution in [-0.4, -0.2) is 109 Å². The number of aliphatic hydroxyl groups excluding tert-OH is 2. The van der Waals surface area contributed by atoms with E-state index in [0.29, 0.717) is 0 Å². The molecule has 0 radical (unpaired) electrons. The largest absolute Gasteiger partial charge is 0.455 e. The van der Waals surface area contributed by atoms with Gasteiger partial charge in [0.1, 0.15) is 35.6 Å². The van der Waals surface area contributed by atoms with Gasteiger partial charge in [0.05, 0.1) is 13.2 Å². The maximum absolute atomic E-state index is 12.9. The zero-order chi connectivity index (χ0) is 51.5. The van der Waals surface area contributed by atoms with Crippen molar-refractivity contribution in [2.75, 3.05) is 13.2 Å². The molecule has 0 aliphatic carbocycles. The molecule has 0 spiro atoms. The molecule has 15 heteroatoms. The van der Waals surface area contributed by atoms with Crippen molar-refractivity contribution in [2.45, 2.75) is 100 Å². The number of rotatable bonds is 18. The highest BCUT2D eigenvalue weighted by Crippen LogP contribution is 2.44. The predicted molar refractivity (Wildman–Crippen MR) is 263 cm³/mol. The summed E-state index contributed by atoms with van der Waals surface area (Å²) in [5.74, 6) is -3.40. The van der Waals surface area contributed by atoms with Gasteiger partial charge in [-0.2, -0.15) is 0 Å². The number of benzene rings is 6. The van der Waals surface area contributed by atoms with Gasteiger partial charge in [-0.3, -0.25) is 19.2 Å². The van der Waals surface area contributed by atoms with E-state index in [0.717, 1.165) is 61.1 Å². The number of aliphatic hydroxyl groups is 2. The van der Waals surface area contributed by atoms with Crippen LogP contribution in [0.4, 0.5) is 0 Å². The van der Waals surface area contributed by atoms with E-state index in [9.17, 15) is 29.4 Å². The van der Waals surface area contributed by atoms with Gasteiger partial charge in [0.2, 0.25) is 12.6 Å². The molecule has 380 valence electrons. The lowest BCUT2D eigenvalue weighted by atomic mass is 9.80. The Bertz CT molecular complexity index is 2350. The van der Waals surface area contributed by atoms with Crippen LogP contribution < -0.4 is 0 Å². The normalized spacial score (nSPS) is 24.1. The summed E-state index contributed by atoms with van der Waals surface area (Å²) in [5.41, 5.74) is 1.79. The minimum Gasteiger partial charge on any atom is -0.455 e. The number of esters is 4. The molecule has 15 nitrogen and oxygen atoms in total. The first kappa shape index (κ1) is 52.2. The summed E-state index contributed by atoms with van der Waals surface area (Å²) >= 11 is 0. The summed E-state index contributed by atoms with van der Waals surface area (Å²) in [5, 5.41) is 24.3. The average Bonchev–Trinajstić information content (AvgIpc) is 3.40. The molecule has 10 atom stereocenters. The van der Waals surface area contributed by atoms with Gasteiger partial charge in [0, 0.05) is 27.7 Å². The SMILES string of the molecule is CC(=O)O[C@H]1[C@@H](O[C@H]2O[C@H](COC(c3ccccc3)(c3ccccc3)c3ccccc3)[C@@H](O)[C@H](OC(C)=O)[C@H]2OC(C)=O)O[C@H](COC(c2ccccc2)(c2ccccc2)c2ccccc2)[C@@H](O)[C@@H]1OC(C)=O. The van der Waals surface area contributed by atoms with Crippen molar-refractivity contribution in [3.05, 3.63) is 215 Å². The molecule has 2 aliphatic heterocycles. The van der Waals surface area contributed by atoms with Crippen molar-refractivity contribution in [2.24, 2.45) is 0 Å². The molecule has 2 aliphatic rings. The van der Waals surface area contributed by atoms with Gasteiger partial charge < -0.3 is 52.8 Å². The molecule has 2 N–H and O–H groups in total. The Kier molecular flexibility index (Phi) is 16.9. The van der Waals surface area contributed by atoms with Gasteiger partial charge in [-0.15, -0.1) is 0 Å². The van der Waals surface area contributed by atoms with E-state index in [2.05, 4.69) is 0 Å². The summed E-state index contributed by atoms with van der Waals surface area (Å²) in [4.78, 5) is 51.6. The smallest absolute Gasteiger partial charge is 0.303 e. The van der Waals surface area contributed by atoms with Gasteiger partial charge in [-0.05, 0) is 33.4 Å². The van der Waals surface area contributed by atoms with Gasteiger partial charge in [-0.1, -0.05) is 182 Å². The van der Waals surface area contributed by atoms with Crippen LogP contribution in [0.5, 0.6) is 0 Å². The fourth-order valence-electron chi connectivity index (χ4n) is 9.65. The Labute approximate surface area is 423 Å². The van der Waals surface area contributed by atoms with E-state index in [-0.39, 0.29) is 0 Å². The van der Waals surface area contributed by atoms with Crippen LogP contribution in [0.25, 0.3) is 0 Å². The van der Waals surface area contributed by atoms with Crippen molar-refractivity contribution in [3.63, 3.8) is 0 Å². The van der Waals surface area contributed by atoms with Crippen LogP contribution in [0.15, 0.2) is 182 Å². The lowest BCUT2D eigenvalue weighted by Gasteiger charge is -2.48. The lowest BCUT2D eigenvalue weighted by Crippen LogP contribution is -2.66. The zero-order valence-electron chi connectivity index (χ0n) is 40.7. The Balaban J connectivity index is 1.19. The standard InChI is InChI=1S/C58H58O15/c1-37(59)67-51-49(63)47(35-65-57(41-23-11-5-12-24-41,42-25-13-6-14-26-42)43-27-15-7-16-28-43)71-55(53(51)69-39(3)61)73-56-54(70-40(4)62)52(68-38(2)60)50(64)48(72-56)36-66-58(44-29-17-8-18-30-44,45-31-19-9-20-32-45)46-33-21-10-22-34-46/h5-34,47-56,63-64H,35-36H2,1-4H3/t47-,48-,49-,50-,51+,52+,53-,54-,55-,56-/m1/s1. The van der Waals surface area contributed by atoms with E-state index < -0.39 is 110 Å². The number of carbonyl (C=O) groups excluding carboxylic acids is 4. The fraction of sp³-hybridized carbons (Fsp3) is 0.310. The third kappa shape index (κ3) is 11.6. The molecular formula is C58H58O15. The molecule has 0 amide bonds.